The molecule has 2 aromatic rings. The Hall–Kier alpha value is -1.96. The molecular weight excluding hydrogens is 266 g/mol. The molecule has 2 heterocycles. The van der Waals surface area contributed by atoms with Crippen LogP contribution >= 0.6 is 11.3 Å². The summed E-state index contributed by atoms with van der Waals surface area (Å²) in [7, 11) is 0. The van der Waals surface area contributed by atoms with Crippen molar-refractivity contribution in [2.45, 2.75) is 32.7 Å². The van der Waals surface area contributed by atoms with Gasteiger partial charge in [-0.05, 0) is 0 Å². The highest BCUT2D eigenvalue weighted by Gasteiger charge is 2.21. The van der Waals surface area contributed by atoms with Gasteiger partial charge in [-0.1, -0.05) is 32.1 Å². The van der Waals surface area contributed by atoms with E-state index in [1.54, 1.807) is 5.38 Å². The van der Waals surface area contributed by atoms with Crippen LogP contribution in [0.25, 0.3) is 0 Å². The molecule has 0 aliphatic rings. The fraction of sp³-hybridized carbons (Fsp3) is 0.455. The fourth-order valence-electron chi connectivity index (χ4n) is 1.35. The normalized spacial score (nSPS) is 11.5. The summed E-state index contributed by atoms with van der Waals surface area (Å²) in [6.45, 7) is 6.18. The number of H-pyrrole nitrogens is 2. The average Bonchev–Trinajstić information content (AvgIpc) is 2.93. The Balaban J connectivity index is 2.00. The Bertz CT molecular complexity index is 634. The van der Waals surface area contributed by atoms with E-state index in [4.69, 9.17) is 0 Å². The zero-order valence-corrected chi connectivity index (χ0v) is 11.7. The molecule has 3 N–H and O–H groups in total. The number of rotatable bonds is 3. The van der Waals surface area contributed by atoms with Crippen LogP contribution in [-0.2, 0) is 12.0 Å². The second-order valence-corrected chi connectivity index (χ2v) is 5.96. The van der Waals surface area contributed by atoms with Gasteiger partial charge in [0.25, 0.3) is 5.91 Å². The first-order chi connectivity index (χ1) is 8.86. The summed E-state index contributed by atoms with van der Waals surface area (Å²) in [4.78, 5) is 29.4. The van der Waals surface area contributed by atoms with Gasteiger partial charge in [-0.2, -0.15) is 0 Å². The van der Waals surface area contributed by atoms with Gasteiger partial charge in [0.05, 0.1) is 6.54 Å². The molecule has 0 saturated heterocycles. The van der Waals surface area contributed by atoms with Gasteiger partial charge in [-0.15, -0.1) is 5.10 Å². The van der Waals surface area contributed by atoms with Crippen LogP contribution in [0.5, 0.6) is 0 Å². The lowest BCUT2D eigenvalue weighted by molar-refractivity contribution is 0.0940. The van der Waals surface area contributed by atoms with Crippen LogP contribution < -0.4 is 10.2 Å². The number of aromatic nitrogens is 4. The predicted molar refractivity (Wildman–Crippen MR) is 71.2 cm³/mol. The number of hydrogen-bond acceptors (Lipinski definition) is 5. The minimum atomic E-state index is -0.376. The van der Waals surface area contributed by atoms with E-state index in [1.807, 2.05) is 20.8 Å². The third-order valence-corrected chi connectivity index (χ3v) is 3.13. The lowest BCUT2D eigenvalue weighted by atomic mass is 9.96. The number of carbonyl (C=O) groups excluding carboxylic acids is 1. The summed E-state index contributed by atoms with van der Waals surface area (Å²) in [6.07, 6.45) is 0. The van der Waals surface area contributed by atoms with Crippen molar-refractivity contribution < 1.29 is 4.79 Å². The van der Waals surface area contributed by atoms with Gasteiger partial charge in [0.2, 0.25) is 5.82 Å². The van der Waals surface area contributed by atoms with Gasteiger partial charge >= 0.3 is 4.87 Å². The Morgan fingerprint density at radius 3 is 2.74 bits per heavy atom. The van der Waals surface area contributed by atoms with E-state index in [0.29, 0.717) is 11.5 Å². The highest BCUT2D eigenvalue weighted by atomic mass is 32.1. The molecule has 102 valence electrons. The predicted octanol–water partition coefficient (Wildman–Crippen LogP) is 0.782. The lowest BCUT2D eigenvalue weighted by Gasteiger charge is -2.12. The van der Waals surface area contributed by atoms with Gasteiger partial charge < -0.3 is 10.3 Å². The van der Waals surface area contributed by atoms with E-state index in [9.17, 15) is 9.59 Å². The molecule has 0 saturated carbocycles. The molecule has 19 heavy (non-hydrogen) atoms. The summed E-state index contributed by atoms with van der Waals surface area (Å²) in [5.41, 5.74) is 0.472. The third-order valence-electron chi connectivity index (χ3n) is 2.41. The molecule has 0 aliphatic heterocycles. The largest absolute Gasteiger partial charge is 0.344 e. The maximum atomic E-state index is 11.8. The summed E-state index contributed by atoms with van der Waals surface area (Å²) in [5.74, 6) is 0.378. The minimum absolute atomic E-state index is 0.0995. The Kier molecular flexibility index (Phi) is 3.52. The molecule has 8 heteroatoms. The van der Waals surface area contributed by atoms with Crippen LogP contribution in [0, 0.1) is 0 Å². The minimum Gasteiger partial charge on any atom is -0.344 e. The van der Waals surface area contributed by atoms with Gasteiger partial charge in [-0.3, -0.25) is 14.7 Å². The second kappa shape index (κ2) is 4.96. The molecular formula is C11H15N5O2S. The zero-order chi connectivity index (χ0) is 14.0. The fourth-order valence-corrected chi connectivity index (χ4v) is 1.94. The number of hydrogen-bond donors (Lipinski definition) is 3. The van der Waals surface area contributed by atoms with Crippen LogP contribution in [0.1, 0.15) is 42.9 Å². The van der Waals surface area contributed by atoms with E-state index in [2.05, 4.69) is 25.5 Å². The van der Waals surface area contributed by atoms with Crippen molar-refractivity contribution in [2.75, 3.05) is 0 Å². The highest BCUT2D eigenvalue weighted by Crippen LogP contribution is 2.17. The first-order valence-electron chi connectivity index (χ1n) is 5.74. The molecule has 2 rings (SSSR count). The van der Waals surface area contributed by atoms with Gasteiger partial charge in [0.15, 0.2) is 0 Å². The monoisotopic (exact) mass is 281 g/mol. The summed E-state index contributed by atoms with van der Waals surface area (Å²) in [5, 5.41) is 10.9. The molecule has 7 nitrogen and oxygen atoms in total. The Morgan fingerprint density at radius 2 is 2.21 bits per heavy atom. The average molecular weight is 281 g/mol. The van der Waals surface area contributed by atoms with Crippen molar-refractivity contribution >= 4 is 17.2 Å². The molecule has 0 unspecified atom stereocenters. The molecule has 0 aromatic carbocycles. The summed E-state index contributed by atoms with van der Waals surface area (Å²) < 4.78 is 0. The molecule has 0 radical (unpaired) electrons. The standard InChI is InChI=1S/C11H15N5O2S/c1-11(2,3)9-14-7(15-16-9)8(17)12-4-6-5-19-10(18)13-6/h5H,4H2,1-3H3,(H,12,17)(H,13,18)(H,14,15,16). The zero-order valence-electron chi connectivity index (χ0n) is 10.9. The topological polar surface area (TPSA) is 104 Å². The lowest BCUT2D eigenvalue weighted by Crippen LogP contribution is -2.24. The molecule has 0 atom stereocenters. The first-order valence-corrected chi connectivity index (χ1v) is 6.62. The Labute approximate surface area is 113 Å². The van der Waals surface area contributed by atoms with Crippen molar-refractivity contribution in [3.8, 4) is 0 Å². The van der Waals surface area contributed by atoms with Crippen molar-refractivity contribution in [3.05, 3.63) is 32.4 Å². The van der Waals surface area contributed by atoms with Crippen molar-refractivity contribution in [2.24, 2.45) is 0 Å². The summed E-state index contributed by atoms with van der Waals surface area (Å²) >= 11 is 1.06. The van der Waals surface area contributed by atoms with Crippen molar-refractivity contribution in [1.82, 2.24) is 25.5 Å². The smallest absolute Gasteiger partial charge is 0.304 e. The van der Waals surface area contributed by atoms with Crippen LogP contribution in [0.2, 0.25) is 0 Å². The number of nitrogens with one attached hydrogen (secondary N) is 3. The van der Waals surface area contributed by atoms with Gasteiger partial charge in [0.1, 0.15) is 5.82 Å². The van der Waals surface area contributed by atoms with Crippen LogP contribution in [0.15, 0.2) is 10.2 Å². The van der Waals surface area contributed by atoms with Crippen molar-refractivity contribution in [1.29, 1.82) is 0 Å². The number of aromatic amines is 2. The van der Waals surface area contributed by atoms with E-state index in [-0.39, 0.29) is 28.6 Å². The summed E-state index contributed by atoms with van der Waals surface area (Å²) in [6, 6.07) is 0. The highest BCUT2D eigenvalue weighted by molar-refractivity contribution is 7.07. The van der Waals surface area contributed by atoms with E-state index in [0.717, 1.165) is 11.3 Å². The Morgan fingerprint density at radius 1 is 1.47 bits per heavy atom. The molecule has 0 aliphatic carbocycles. The van der Waals surface area contributed by atoms with Crippen molar-refractivity contribution in [3.63, 3.8) is 0 Å². The van der Waals surface area contributed by atoms with Crippen LogP contribution in [0.3, 0.4) is 0 Å². The van der Waals surface area contributed by atoms with Gasteiger partial charge in [0, 0.05) is 16.5 Å². The molecule has 0 bridgehead atoms. The molecule has 0 fully saturated rings. The maximum absolute atomic E-state index is 11.8. The van der Waals surface area contributed by atoms with E-state index in [1.165, 1.54) is 0 Å². The number of amides is 1. The van der Waals surface area contributed by atoms with Crippen LogP contribution in [0.4, 0.5) is 0 Å². The SMILES string of the molecule is CC(C)(C)c1nc(C(=O)NCc2csc(=O)[nH]2)n[nH]1. The third kappa shape index (κ3) is 3.28. The van der Waals surface area contributed by atoms with Crippen LogP contribution in [-0.4, -0.2) is 26.1 Å². The van der Waals surface area contributed by atoms with Gasteiger partial charge in [-0.25, -0.2) is 4.98 Å². The van der Waals surface area contributed by atoms with E-state index >= 15 is 0 Å². The number of carbonyl (C=O) groups is 1. The second-order valence-electron chi connectivity index (χ2n) is 5.11. The number of thiazole rings is 1. The molecule has 1 amide bonds. The molecule has 2 aromatic heterocycles. The number of nitrogens with zero attached hydrogens (tertiary/aromatic N) is 2. The molecule has 0 spiro atoms. The van der Waals surface area contributed by atoms with E-state index < -0.39 is 0 Å². The maximum Gasteiger partial charge on any atom is 0.304 e. The first kappa shape index (κ1) is 13.5. The quantitative estimate of drug-likeness (QED) is 0.773.